The topological polar surface area (TPSA) is 77.8 Å². The Hall–Kier alpha value is -3.38. The fourth-order valence-corrected chi connectivity index (χ4v) is 4.55. The van der Waals surface area contributed by atoms with Crippen molar-refractivity contribution in [1.29, 1.82) is 0 Å². The lowest BCUT2D eigenvalue weighted by molar-refractivity contribution is -0.132. The number of rotatable bonds is 3. The number of hydrogen-bond donors (Lipinski definition) is 2. The molecule has 1 aromatic heterocycles. The van der Waals surface area contributed by atoms with Crippen LogP contribution in [0.25, 0.3) is 5.76 Å². The molecule has 0 bridgehead atoms. The van der Waals surface area contributed by atoms with E-state index in [9.17, 15) is 19.8 Å². The molecule has 0 spiro atoms. The van der Waals surface area contributed by atoms with Crippen LogP contribution in [0.3, 0.4) is 0 Å². The minimum Gasteiger partial charge on any atom is -0.507 e. The zero-order chi connectivity index (χ0) is 20.7. The minimum absolute atomic E-state index is 0.0210. The lowest BCUT2D eigenvalue weighted by Crippen LogP contribution is -2.29. The summed E-state index contributed by atoms with van der Waals surface area (Å²) in [6, 6.07) is 14.6. The van der Waals surface area contributed by atoms with E-state index in [1.165, 1.54) is 22.3 Å². The average molecular weight is 405 g/mol. The van der Waals surface area contributed by atoms with Gasteiger partial charge in [0, 0.05) is 10.4 Å². The molecular weight excluding hydrogens is 386 g/mol. The maximum absolute atomic E-state index is 13.0. The highest BCUT2D eigenvalue weighted by Gasteiger charge is 2.48. The summed E-state index contributed by atoms with van der Waals surface area (Å²) in [5.74, 6) is -1.88. The Labute approximate surface area is 172 Å². The van der Waals surface area contributed by atoms with Gasteiger partial charge in [-0.15, -0.1) is 11.3 Å². The number of carbonyl (C=O) groups excluding carboxylic acids is 2. The predicted octanol–water partition coefficient (Wildman–Crippen LogP) is 4.70. The highest BCUT2D eigenvalue weighted by Crippen LogP contribution is 2.46. The Balaban J connectivity index is 1.97. The molecule has 1 aliphatic heterocycles. The van der Waals surface area contributed by atoms with E-state index in [4.69, 9.17) is 0 Å². The normalized spacial score (nSPS) is 18.4. The molecule has 0 radical (unpaired) electrons. The number of thiophene rings is 1. The smallest absolute Gasteiger partial charge is 0.300 e. The van der Waals surface area contributed by atoms with Crippen molar-refractivity contribution < 1.29 is 19.8 Å². The molecule has 6 heteroatoms. The SMILES string of the molecule is Cc1ccc(/C(O)=C2/C(=O)C(=O)N(c3ccccc3O)C2c2sccc2C)cc1. The second kappa shape index (κ2) is 7.22. The first kappa shape index (κ1) is 19.0. The number of nitrogens with zero attached hydrogens (tertiary/aromatic N) is 1. The first-order valence-corrected chi connectivity index (χ1v) is 9.98. The van der Waals surface area contributed by atoms with Crippen molar-refractivity contribution in [3.8, 4) is 5.75 Å². The Morgan fingerprint density at radius 2 is 1.69 bits per heavy atom. The molecular formula is C23H19NO4S. The number of phenols is 1. The summed E-state index contributed by atoms with van der Waals surface area (Å²) in [6.45, 7) is 3.82. The van der Waals surface area contributed by atoms with Crippen LogP contribution in [0.15, 0.2) is 65.6 Å². The third-order valence-corrected chi connectivity index (χ3v) is 6.13. The number of aliphatic hydroxyl groups is 1. The average Bonchev–Trinajstić information content (AvgIpc) is 3.23. The van der Waals surface area contributed by atoms with E-state index in [1.807, 2.05) is 37.4 Å². The lowest BCUT2D eigenvalue weighted by Gasteiger charge is -2.25. The Morgan fingerprint density at radius 3 is 2.31 bits per heavy atom. The highest BCUT2D eigenvalue weighted by molar-refractivity contribution is 7.10. The maximum atomic E-state index is 13.0. The molecule has 146 valence electrons. The van der Waals surface area contributed by atoms with Crippen LogP contribution in [0.5, 0.6) is 5.75 Å². The zero-order valence-electron chi connectivity index (χ0n) is 15.9. The van der Waals surface area contributed by atoms with Crippen LogP contribution in [0.2, 0.25) is 0 Å². The van der Waals surface area contributed by atoms with E-state index in [-0.39, 0.29) is 22.8 Å². The molecule has 0 aliphatic carbocycles. The lowest BCUT2D eigenvalue weighted by atomic mass is 9.98. The van der Waals surface area contributed by atoms with Crippen LogP contribution < -0.4 is 4.90 Å². The zero-order valence-corrected chi connectivity index (χ0v) is 16.7. The summed E-state index contributed by atoms with van der Waals surface area (Å²) in [5.41, 5.74) is 2.63. The highest BCUT2D eigenvalue weighted by atomic mass is 32.1. The fraction of sp³-hybridized carbons (Fsp3) is 0.130. The van der Waals surface area contributed by atoms with Crippen molar-refractivity contribution in [1.82, 2.24) is 0 Å². The maximum Gasteiger partial charge on any atom is 0.300 e. The number of benzene rings is 2. The number of ketones is 1. The van der Waals surface area contributed by atoms with Crippen molar-refractivity contribution in [2.24, 2.45) is 0 Å². The molecule has 1 amide bonds. The van der Waals surface area contributed by atoms with Gasteiger partial charge >= 0.3 is 0 Å². The summed E-state index contributed by atoms with van der Waals surface area (Å²) in [7, 11) is 0. The molecule has 5 nitrogen and oxygen atoms in total. The van der Waals surface area contributed by atoms with Crippen LogP contribution in [0, 0.1) is 13.8 Å². The van der Waals surface area contributed by atoms with Gasteiger partial charge in [0.2, 0.25) is 0 Å². The van der Waals surface area contributed by atoms with E-state index in [0.29, 0.717) is 5.56 Å². The summed E-state index contributed by atoms with van der Waals surface area (Å²) >= 11 is 1.40. The van der Waals surface area contributed by atoms with Crippen LogP contribution in [0.1, 0.15) is 27.6 Å². The monoisotopic (exact) mass is 405 g/mol. The van der Waals surface area contributed by atoms with Gasteiger partial charge in [0.1, 0.15) is 17.6 Å². The summed E-state index contributed by atoms with van der Waals surface area (Å²) < 4.78 is 0. The number of amides is 1. The Morgan fingerprint density at radius 1 is 1.00 bits per heavy atom. The van der Waals surface area contributed by atoms with Crippen LogP contribution in [-0.4, -0.2) is 21.9 Å². The van der Waals surface area contributed by atoms with Crippen LogP contribution in [-0.2, 0) is 9.59 Å². The van der Waals surface area contributed by atoms with Crippen LogP contribution >= 0.6 is 11.3 Å². The van der Waals surface area contributed by atoms with E-state index in [2.05, 4.69) is 0 Å². The summed E-state index contributed by atoms with van der Waals surface area (Å²) in [5, 5.41) is 23.2. The molecule has 1 saturated heterocycles. The van der Waals surface area contributed by atoms with E-state index in [1.54, 1.807) is 30.3 Å². The van der Waals surface area contributed by atoms with Crippen molar-refractivity contribution in [3.63, 3.8) is 0 Å². The quantitative estimate of drug-likeness (QED) is 0.376. The van der Waals surface area contributed by atoms with E-state index < -0.39 is 17.7 Å². The number of aromatic hydroxyl groups is 1. The molecule has 0 saturated carbocycles. The molecule has 1 aliphatic rings. The van der Waals surface area contributed by atoms with Gasteiger partial charge in [0.15, 0.2) is 0 Å². The summed E-state index contributed by atoms with van der Waals surface area (Å²) in [6.07, 6.45) is 0. The molecule has 1 fully saturated rings. The van der Waals surface area contributed by atoms with Crippen LogP contribution in [0.4, 0.5) is 5.69 Å². The second-order valence-corrected chi connectivity index (χ2v) is 7.94. The first-order chi connectivity index (χ1) is 13.9. The number of phenolic OH excluding ortho intramolecular Hbond substituents is 1. The molecule has 1 atom stereocenters. The van der Waals surface area contributed by atoms with Crippen molar-refractivity contribution in [2.45, 2.75) is 19.9 Å². The first-order valence-electron chi connectivity index (χ1n) is 9.10. The molecule has 3 aromatic rings. The molecule has 29 heavy (non-hydrogen) atoms. The minimum atomic E-state index is -0.815. The van der Waals surface area contributed by atoms with Gasteiger partial charge < -0.3 is 10.2 Å². The largest absolute Gasteiger partial charge is 0.507 e. The van der Waals surface area contributed by atoms with Crippen molar-refractivity contribution in [2.75, 3.05) is 4.90 Å². The number of carbonyl (C=O) groups is 2. The van der Waals surface area contributed by atoms with Gasteiger partial charge in [-0.05, 0) is 43.0 Å². The van der Waals surface area contributed by atoms with Gasteiger partial charge in [0.25, 0.3) is 11.7 Å². The third kappa shape index (κ3) is 3.11. The predicted molar refractivity (Wildman–Crippen MR) is 113 cm³/mol. The Kier molecular flexibility index (Phi) is 4.72. The fourth-order valence-electron chi connectivity index (χ4n) is 3.53. The summed E-state index contributed by atoms with van der Waals surface area (Å²) in [4.78, 5) is 28.1. The van der Waals surface area contributed by atoms with Gasteiger partial charge in [-0.25, -0.2) is 0 Å². The van der Waals surface area contributed by atoms with E-state index >= 15 is 0 Å². The van der Waals surface area contributed by atoms with Gasteiger partial charge in [0.05, 0.1) is 11.3 Å². The molecule has 1 unspecified atom stereocenters. The molecule has 2 aromatic carbocycles. The number of para-hydroxylation sites is 2. The van der Waals surface area contributed by atoms with E-state index in [0.717, 1.165) is 16.0 Å². The van der Waals surface area contributed by atoms with Crippen molar-refractivity contribution in [3.05, 3.63) is 87.1 Å². The van der Waals surface area contributed by atoms with Gasteiger partial charge in [-0.2, -0.15) is 0 Å². The van der Waals surface area contributed by atoms with Crippen molar-refractivity contribution >= 4 is 34.5 Å². The van der Waals surface area contributed by atoms with Gasteiger partial charge in [-0.1, -0.05) is 42.0 Å². The number of Topliss-reactive ketones (excluding diaryl/α,β-unsaturated/α-hetero) is 1. The number of hydrogen-bond acceptors (Lipinski definition) is 5. The third-order valence-electron chi connectivity index (χ3n) is 5.06. The standard InChI is InChI=1S/C23H19NO4S/c1-13-7-9-15(10-8-13)20(26)18-19(22-14(2)11-12-29-22)24(23(28)21(18)27)16-5-3-4-6-17(16)25/h3-12,19,25-26H,1-2H3/b20-18-. The number of aliphatic hydroxyl groups excluding tert-OH is 1. The molecule has 4 rings (SSSR count). The Bertz CT molecular complexity index is 1140. The number of aryl methyl sites for hydroxylation is 2. The van der Waals surface area contributed by atoms with Gasteiger partial charge in [-0.3, -0.25) is 14.5 Å². The molecule has 2 heterocycles. The molecule has 2 N–H and O–H groups in total. The number of anilines is 1. The second-order valence-electron chi connectivity index (χ2n) is 6.99.